The molecule has 1 N–H and O–H groups in total. The Morgan fingerprint density at radius 2 is 1.45 bits per heavy atom. The van der Waals surface area contributed by atoms with Crippen LogP contribution in [0, 0.1) is 6.92 Å². The minimum atomic E-state index is -4.27. The van der Waals surface area contributed by atoms with E-state index in [0.29, 0.717) is 5.02 Å². The van der Waals surface area contributed by atoms with E-state index in [1.54, 1.807) is 18.2 Å². The molecule has 4 aromatic rings. The van der Waals surface area contributed by atoms with Gasteiger partial charge in [-0.15, -0.1) is 0 Å². The lowest BCUT2D eigenvalue weighted by Gasteiger charge is -2.34. The largest absolute Gasteiger partial charge is 0.352 e. The van der Waals surface area contributed by atoms with E-state index in [0.717, 1.165) is 21.0 Å². The predicted molar refractivity (Wildman–Crippen MR) is 176 cm³/mol. The molecule has 0 bridgehead atoms. The zero-order valence-electron chi connectivity index (χ0n) is 24.8. The number of amides is 2. The summed E-state index contributed by atoms with van der Waals surface area (Å²) in [5, 5.41) is 3.33. The number of carbonyl (C=O) groups excluding carboxylic acids is 2. The molecule has 0 aliphatic heterocycles. The second kappa shape index (κ2) is 14.8. The van der Waals surface area contributed by atoms with Crippen LogP contribution in [-0.2, 0) is 32.6 Å². The highest BCUT2D eigenvalue weighted by Crippen LogP contribution is 2.33. The summed E-state index contributed by atoms with van der Waals surface area (Å²) in [5.41, 5.74) is 2.71. The van der Waals surface area contributed by atoms with E-state index in [9.17, 15) is 18.0 Å². The molecule has 10 heteroatoms. The molecule has 0 unspecified atom stereocenters. The van der Waals surface area contributed by atoms with Crippen molar-refractivity contribution in [1.82, 2.24) is 10.2 Å². The fourth-order valence-electron chi connectivity index (χ4n) is 4.82. The molecule has 1 atom stereocenters. The topological polar surface area (TPSA) is 86.8 Å². The van der Waals surface area contributed by atoms with Gasteiger partial charge in [-0.1, -0.05) is 96.0 Å². The van der Waals surface area contributed by atoms with Gasteiger partial charge in [0.25, 0.3) is 10.0 Å². The van der Waals surface area contributed by atoms with Crippen molar-refractivity contribution in [2.24, 2.45) is 0 Å². The quantitative estimate of drug-likeness (QED) is 0.186. The minimum Gasteiger partial charge on any atom is -0.352 e. The average molecular weight is 653 g/mol. The van der Waals surface area contributed by atoms with Crippen LogP contribution in [0.3, 0.4) is 0 Å². The van der Waals surface area contributed by atoms with Crippen LogP contribution < -0.4 is 9.62 Å². The lowest BCUT2D eigenvalue weighted by Crippen LogP contribution is -2.54. The number of sulfonamides is 1. The summed E-state index contributed by atoms with van der Waals surface area (Å²) < 4.78 is 29.1. The zero-order chi connectivity index (χ0) is 31.9. The van der Waals surface area contributed by atoms with Gasteiger partial charge in [0.15, 0.2) is 0 Å². The molecule has 0 aliphatic carbocycles. The highest BCUT2D eigenvalue weighted by molar-refractivity contribution is 7.92. The second-order valence-corrected chi connectivity index (χ2v) is 13.4. The fourth-order valence-corrected chi connectivity index (χ4v) is 6.84. The number of halogens is 2. The minimum absolute atomic E-state index is 0.0114. The van der Waals surface area contributed by atoms with Crippen molar-refractivity contribution in [3.8, 4) is 0 Å². The van der Waals surface area contributed by atoms with Gasteiger partial charge in [-0.25, -0.2) is 8.42 Å². The van der Waals surface area contributed by atoms with Crippen LogP contribution in [0.15, 0.2) is 108 Å². The van der Waals surface area contributed by atoms with E-state index in [-0.39, 0.29) is 40.5 Å². The molecular weight excluding hydrogens is 617 g/mol. The molecule has 2 amide bonds. The van der Waals surface area contributed by atoms with Crippen LogP contribution >= 0.6 is 23.2 Å². The Labute approximate surface area is 269 Å². The lowest BCUT2D eigenvalue weighted by molar-refractivity contribution is -0.140. The Balaban J connectivity index is 1.83. The van der Waals surface area contributed by atoms with Crippen molar-refractivity contribution in [1.29, 1.82) is 0 Å². The van der Waals surface area contributed by atoms with Crippen molar-refractivity contribution in [3.63, 3.8) is 0 Å². The van der Waals surface area contributed by atoms with E-state index >= 15 is 0 Å². The molecule has 44 heavy (non-hydrogen) atoms. The van der Waals surface area contributed by atoms with Gasteiger partial charge in [0.05, 0.1) is 15.6 Å². The summed E-state index contributed by atoms with van der Waals surface area (Å²) in [7, 11) is -4.27. The molecule has 7 nitrogen and oxygen atoms in total. The van der Waals surface area contributed by atoms with Crippen LogP contribution in [0.4, 0.5) is 5.69 Å². The molecule has 0 saturated heterocycles. The molecule has 230 valence electrons. The van der Waals surface area contributed by atoms with Gasteiger partial charge in [-0.05, 0) is 67.8 Å². The SMILES string of the molecule is Cc1ccccc1CN(C(=O)CN(c1ccc(Cl)cc1Cl)S(=O)(=O)c1ccccc1)[C@H](Cc1ccccc1)C(=O)NC(C)C. The van der Waals surface area contributed by atoms with Gasteiger partial charge < -0.3 is 10.2 Å². The maximum Gasteiger partial charge on any atom is 0.264 e. The summed E-state index contributed by atoms with van der Waals surface area (Å²) in [6, 6.07) is 28.1. The third-order valence-corrected chi connectivity index (χ3v) is 9.40. The maximum atomic E-state index is 14.5. The van der Waals surface area contributed by atoms with Gasteiger partial charge in [-0.2, -0.15) is 0 Å². The van der Waals surface area contributed by atoms with E-state index in [2.05, 4.69) is 5.32 Å². The Morgan fingerprint density at radius 1 is 0.841 bits per heavy atom. The Hall–Kier alpha value is -3.85. The van der Waals surface area contributed by atoms with Gasteiger partial charge in [-0.3, -0.25) is 13.9 Å². The van der Waals surface area contributed by atoms with Crippen LogP contribution in [-0.4, -0.2) is 43.8 Å². The number of nitrogens with zero attached hydrogens (tertiary/aromatic N) is 2. The van der Waals surface area contributed by atoms with Crippen molar-refractivity contribution >= 4 is 50.7 Å². The zero-order valence-corrected chi connectivity index (χ0v) is 27.1. The first-order valence-corrected chi connectivity index (χ1v) is 16.4. The monoisotopic (exact) mass is 651 g/mol. The third kappa shape index (κ3) is 8.20. The molecule has 0 aliphatic rings. The van der Waals surface area contributed by atoms with Gasteiger partial charge in [0, 0.05) is 24.0 Å². The first-order chi connectivity index (χ1) is 21.0. The van der Waals surface area contributed by atoms with Gasteiger partial charge in [0.2, 0.25) is 11.8 Å². The van der Waals surface area contributed by atoms with E-state index in [1.165, 1.54) is 35.2 Å². The van der Waals surface area contributed by atoms with Gasteiger partial charge in [0.1, 0.15) is 12.6 Å². The lowest BCUT2D eigenvalue weighted by atomic mass is 10.0. The van der Waals surface area contributed by atoms with Crippen LogP contribution in [0.1, 0.15) is 30.5 Å². The predicted octanol–water partition coefficient (Wildman–Crippen LogP) is 6.66. The fraction of sp³-hybridized carbons (Fsp3) is 0.235. The Morgan fingerprint density at radius 3 is 2.07 bits per heavy atom. The number of anilines is 1. The average Bonchev–Trinajstić information content (AvgIpc) is 2.99. The number of carbonyl (C=O) groups is 2. The molecule has 0 radical (unpaired) electrons. The van der Waals surface area contributed by atoms with E-state index in [1.807, 2.05) is 75.4 Å². The highest BCUT2D eigenvalue weighted by Gasteiger charge is 2.35. The van der Waals surface area contributed by atoms with Crippen molar-refractivity contribution in [2.45, 2.75) is 50.7 Å². The second-order valence-electron chi connectivity index (χ2n) is 10.7. The number of aryl methyl sites for hydroxylation is 1. The molecule has 0 spiro atoms. The molecule has 4 aromatic carbocycles. The summed E-state index contributed by atoms with van der Waals surface area (Å²) in [4.78, 5) is 29.7. The van der Waals surface area contributed by atoms with Crippen molar-refractivity contribution < 1.29 is 18.0 Å². The standard InChI is InChI=1S/C34H35Cl2N3O4S/c1-24(2)37-34(41)32(20-26-13-6-4-7-14-26)38(22-27-15-11-10-12-25(27)3)33(40)23-39(31-19-18-28(35)21-30(31)36)44(42,43)29-16-8-5-9-17-29/h4-19,21,24,32H,20,22-23H2,1-3H3,(H,37,41)/t32-/m1/s1. The molecule has 0 aromatic heterocycles. The smallest absolute Gasteiger partial charge is 0.264 e. The summed E-state index contributed by atoms with van der Waals surface area (Å²) in [5.74, 6) is -0.911. The summed E-state index contributed by atoms with van der Waals surface area (Å²) in [6.45, 7) is 5.11. The number of hydrogen-bond donors (Lipinski definition) is 1. The maximum absolute atomic E-state index is 14.5. The van der Waals surface area contributed by atoms with Crippen molar-refractivity contribution in [2.75, 3.05) is 10.8 Å². The molecule has 4 rings (SSSR count). The molecule has 0 heterocycles. The van der Waals surface area contributed by atoms with Crippen molar-refractivity contribution in [3.05, 3.63) is 130 Å². The third-order valence-electron chi connectivity index (χ3n) is 7.09. The summed E-state index contributed by atoms with van der Waals surface area (Å²) >= 11 is 12.7. The Bertz CT molecular complexity index is 1700. The van der Waals surface area contributed by atoms with Crippen LogP contribution in [0.25, 0.3) is 0 Å². The number of benzene rings is 4. The number of nitrogens with one attached hydrogen (secondary N) is 1. The molecular formula is C34H35Cl2N3O4S. The molecule has 0 saturated carbocycles. The normalized spacial score (nSPS) is 12.0. The van der Waals surface area contributed by atoms with E-state index in [4.69, 9.17) is 23.2 Å². The van der Waals surface area contributed by atoms with Crippen LogP contribution in [0.2, 0.25) is 10.0 Å². The first-order valence-electron chi connectivity index (χ1n) is 14.2. The van der Waals surface area contributed by atoms with E-state index < -0.39 is 28.5 Å². The number of hydrogen-bond acceptors (Lipinski definition) is 4. The molecule has 0 fully saturated rings. The number of rotatable bonds is 12. The Kier molecular flexibility index (Phi) is 11.1. The highest BCUT2D eigenvalue weighted by atomic mass is 35.5. The first kappa shape index (κ1) is 33.1. The van der Waals surface area contributed by atoms with Gasteiger partial charge >= 0.3 is 0 Å². The summed E-state index contributed by atoms with van der Waals surface area (Å²) in [6.07, 6.45) is 0.226. The van der Waals surface area contributed by atoms with Crippen LogP contribution in [0.5, 0.6) is 0 Å².